The highest BCUT2D eigenvalue weighted by Crippen LogP contribution is 2.16. The number of nitrogens with two attached hydrogens (primary N) is 1. The second-order valence-electron chi connectivity index (χ2n) is 2.78. The summed E-state index contributed by atoms with van der Waals surface area (Å²) in [5.74, 6) is -0.957. The molecule has 0 aromatic carbocycles. The Hall–Kier alpha value is -1.42. The molecule has 0 spiro atoms. The lowest BCUT2D eigenvalue weighted by Crippen LogP contribution is -2.14. The third-order valence-corrected chi connectivity index (χ3v) is 1.92. The first-order valence-corrected chi connectivity index (χ1v) is 4.09. The first-order valence-electron chi connectivity index (χ1n) is 4.09. The van der Waals surface area contributed by atoms with Crippen molar-refractivity contribution in [2.75, 3.05) is 0 Å². The molecule has 1 atom stereocenters. The van der Waals surface area contributed by atoms with E-state index >= 15 is 0 Å². The molecule has 3 N–H and O–H groups in total. The van der Waals surface area contributed by atoms with Crippen LogP contribution in [0.1, 0.15) is 35.3 Å². The van der Waals surface area contributed by atoms with Crippen LogP contribution in [0.3, 0.4) is 0 Å². The number of aromatic carboxylic acids is 1. The quantitative estimate of drug-likeness (QED) is 0.732. The lowest BCUT2D eigenvalue weighted by molar-refractivity contribution is 0.0695. The Kier molecular flexibility index (Phi) is 2.97. The summed E-state index contributed by atoms with van der Waals surface area (Å²) in [6, 6.07) is 1.22. The monoisotopic (exact) mass is 180 g/mol. The van der Waals surface area contributed by atoms with E-state index in [9.17, 15) is 4.79 Å². The summed E-state index contributed by atoms with van der Waals surface area (Å²) in [5, 5.41) is 8.83. The summed E-state index contributed by atoms with van der Waals surface area (Å²) >= 11 is 0. The van der Waals surface area contributed by atoms with E-state index in [0.717, 1.165) is 0 Å². The van der Waals surface area contributed by atoms with Gasteiger partial charge in [0.15, 0.2) is 0 Å². The van der Waals surface area contributed by atoms with Crippen molar-refractivity contribution < 1.29 is 9.90 Å². The van der Waals surface area contributed by atoms with Crippen LogP contribution in [0.5, 0.6) is 0 Å². The minimum atomic E-state index is -0.957. The van der Waals surface area contributed by atoms with Crippen LogP contribution in [0, 0.1) is 0 Å². The van der Waals surface area contributed by atoms with Gasteiger partial charge in [-0.1, -0.05) is 6.92 Å². The van der Waals surface area contributed by atoms with Crippen molar-refractivity contribution in [2.45, 2.75) is 19.4 Å². The Morgan fingerprint density at radius 1 is 1.77 bits per heavy atom. The maximum absolute atomic E-state index is 10.8. The molecule has 0 unspecified atom stereocenters. The lowest BCUT2D eigenvalue weighted by Gasteiger charge is -2.10. The molecule has 4 nitrogen and oxygen atoms in total. The number of carbonyl (C=O) groups is 1. The van der Waals surface area contributed by atoms with E-state index in [2.05, 4.69) is 4.98 Å². The number of pyridine rings is 1. The highest BCUT2D eigenvalue weighted by molar-refractivity contribution is 5.89. The molecule has 0 bridgehead atoms. The molecule has 0 aliphatic carbocycles. The summed E-state index contributed by atoms with van der Waals surface area (Å²) in [6.45, 7) is 1.91. The molecule has 0 aliphatic heterocycles. The number of carboxylic acids is 1. The fourth-order valence-corrected chi connectivity index (χ4v) is 1.12. The molecule has 1 rings (SSSR count). The van der Waals surface area contributed by atoms with Gasteiger partial charge in [0.2, 0.25) is 0 Å². The Labute approximate surface area is 76.4 Å². The molecule has 1 aromatic rings. The van der Waals surface area contributed by atoms with Gasteiger partial charge in [-0.15, -0.1) is 0 Å². The smallest absolute Gasteiger partial charge is 0.336 e. The maximum Gasteiger partial charge on any atom is 0.336 e. The standard InChI is InChI=1S/C9H12N2O2/c1-2-8(10)7-5-11-4-3-6(7)9(12)13/h3-5,8H,2,10H2,1H3,(H,12,13)/t8-/m0/s1. The van der Waals surface area contributed by atoms with E-state index < -0.39 is 5.97 Å². The molecule has 0 saturated carbocycles. The van der Waals surface area contributed by atoms with Crippen molar-refractivity contribution in [1.82, 2.24) is 4.98 Å². The first-order chi connectivity index (χ1) is 6.16. The normalized spacial score (nSPS) is 12.5. The van der Waals surface area contributed by atoms with Crippen LogP contribution in [-0.2, 0) is 0 Å². The summed E-state index contributed by atoms with van der Waals surface area (Å²) in [7, 11) is 0. The van der Waals surface area contributed by atoms with Crippen LogP contribution < -0.4 is 5.73 Å². The van der Waals surface area contributed by atoms with Crippen molar-refractivity contribution in [1.29, 1.82) is 0 Å². The van der Waals surface area contributed by atoms with E-state index in [0.29, 0.717) is 12.0 Å². The SMILES string of the molecule is CC[C@H](N)c1cnccc1C(=O)O. The van der Waals surface area contributed by atoms with Crippen molar-refractivity contribution in [3.8, 4) is 0 Å². The zero-order chi connectivity index (χ0) is 9.84. The number of hydrogen-bond acceptors (Lipinski definition) is 3. The fourth-order valence-electron chi connectivity index (χ4n) is 1.12. The van der Waals surface area contributed by atoms with Gasteiger partial charge in [0.1, 0.15) is 0 Å². The van der Waals surface area contributed by atoms with Gasteiger partial charge >= 0.3 is 5.97 Å². The summed E-state index contributed by atoms with van der Waals surface area (Å²) in [6.07, 6.45) is 3.67. The third-order valence-electron chi connectivity index (χ3n) is 1.92. The summed E-state index contributed by atoms with van der Waals surface area (Å²) in [4.78, 5) is 14.6. The molecule has 0 saturated heterocycles. The zero-order valence-corrected chi connectivity index (χ0v) is 7.40. The highest BCUT2D eigenvalue weighted by atomic mass is 16.4. The first kappa shape index (κ1) is 9.67. The van der Waals surface area contributed by atoms with Gasteiger partial charge in [-0.25, -0.2) is 4.79 Å². The molecule has 1 aromatic heterocycles. The molecular weight excluding hydrogens is 168 g/mol. The van der Waals surface area contributed by atoms with Gasteiger partial charge in [0.25, 0.3) is 0 Å². The van der Waals surface area contributed by atoms with E-state index in [1.165, 1.54) is 18.5 Å². The second-order valence-corrected chi connectivity index (χ2v) is 2.78. The molecule has 0 fully saturated rings. The topological polar surface area (TPSA) is 76.2 Å². The Bertz CT molecular complexity index is 312. The fraction of sp³-hybridized carbons (Fsp3) is 0.333. The Morgan fingerprint density at radius 2 is 2.46 bits per heavy atom. The van der Waals surface area contributed by atoms with E-state index in [4.69, 9.17) is 10.8 Å². The van der Waals surface area contributed by atoms with Gasteiger partial charge in [0.05, 0.1) is 5.56 Å². The van der Waals surface area contributed by atoms with Crippen LogP contribution in [0.15, 0.2) is 18.5 Å². The Balaban J connectivity index is 3.11. The van der Waals surface area contributed by atoms with E-state index in [1.54, 1.807) is 0 Å². The largest absolute Gasteiger partial charge is 0.478 e. The van der Waals surface area contributed by atoms with Gasteiger partial charge in [-0.05, 0) is 12.5 Å². The van der Waals surface area contributed by atoms with Crippen LogP contribution in [0.4, 0.5) is 0 Å². The molecule has 0 aliphatic rings. The number of carboxylic acid groups (broad SMARTS) is 1. The third kappa shape index (κ3) is 2.03. The maximum atomic E-state index is 10.8. The lowest BCUT2D eigenvalue weighted by atomic mass is 10.0. The predicted octanol–water partition coefficient (Wildman–Crippen LogP) is 1.19. The number of nitrogens with zero attached hydrogens (tertiary/aromatic N) is 1. The van der Waals surface area contributed by atoms with Crippen molar-refractivity contribution in [3.63, 3.8) is 0 Å². The second kappa shape index (κ2) is 4.00. The van der Waals surface area contributed by atoms with Crippen LogP contribution in [-0.4, -0.2) is 16.1 Å². The summed E-state index contributed by atoms with van der Waals surface area (Å²) < 4.78 is 0. The van der Waals surface area contributed by atoms with Crippen LogP contribution in [0.2, 0.25) is 0 Å². The predicted molar refractivity (Wildman–Crippen MR) is 48.4 cm³/mol. The molecular formula is C9H12N2O2. The van der Waals surface area contributed by atoms with Gasteiger partial charge in [-0.2, -0.15) is 0 Å². The molecule has 4 heteroatoms. The average molecular weight is 180 g/mol. The van der Waals surface area contributed by atoms with E-state index in [1.807, 2.05) is 6.92 Å². The van der Waals surface area contributed by atoms with E-state index in [-0.39, 0.29) is 11.6 Å². The molecule has 0 radical (unpaired) electrons. The number of aromatic nitrogens is 1. The summed E-state index contributed by atoms with van der Waals surface area (Å²) in [5.41, 5.74) is 6.56. The zero-order valence-electron chi connectivity index (χ0n) is 7.40. The van der Waals surface area contributed by atoms with Gasteiger partial charge < -0.3 is 10.8 Å². The number of hydrogen-bond donors (Lipinski definition) is 2. The highest BCUT2D eigenvalue weighted by Gasteiger charge is 2.13. The van der Waals surface area contributed by atoms with Crippen molar-refractivity contribution in [3.05, 3.63) is 29.6 Å². The van der Waals surface area contributed by atoms with Crippen LogP contribution in [0.25, 0.3) is 0 Å². The van der Waals surface area contributed by atoms with Crippen molar-refractivity contribution in [2.24, 2.45) is 5.73 Å². The van der Waals surface area contributed by atoms with Gasteiger partial charge in [-0.3, -0.25) is 4.98 Å². The average Bonchev–Trinajstić information content (AvgIpc) is 2.16. The number of rotatable bonds is 3. The van der Waals surface area contributed by atoms with Crippen LogP contribution >= 0.6 is 0 Å². The van der Waals surface area contributed by atoms with Gasteiger partial charge in [0, 0.05) is 24.0 Å². The van der Waals surface area contributed by atoms with Crippen molar-refractivity contribution >= 4 is 5.97 Å². The minimum Gasteiger partial charge on any atom is -0.478 e. The minimum absolute atomic E-state index is 0.240. The Morgan fingerprint density at radius 3 is 3.00 bits per heavy atom. The molecule has 0 amide bonds. The molecule has 13 heavy (non-hydrogen) atoms. The molecule has 70 valence electrons. The molecule has 1 heterocycles.